The first-order valence-electron chi connectivity index (χ1n) is 9.04. The van der Waals surface area contributed by atoms with Crippen molar-refractivity contribution in [3.8, 4) is 33.6 Å². The second-order valence-electron chi connectivity index (χ2n) is 6.56. The van der Waals surface area contributed by atoms with E-state index in [9.17, 15) is 0 Å². The van der Waals surface area contributed by atoms with Crippen molar-refractivity contribution in [1.82, 2.24) is 14.4 Å². The van der Waals surface area contributed by atoms with Crippen molar-refractivity contribution in [3.05, 3.63) is 102 Å². The van der Waals surface area contributed by atoms with Crippen molar-refractivity contribution in [1.29, 1.82) is 0 Å². The summed E-state index contributed by atoms with van der Waals surface area (Å²) in [6, 6.07) is 28.9. The SMILES string of the molecule is Brc1ccc(-c2cnc3nc(-c4ccccc4)c(-c4ccccc4)n3c2)cc1. The van der Waals surface area contributed by atoms with Crippen LogP contribution in [0.3, 0.4) is 0 Å². The highest BCUT2D eigenvalue weighted by molar-refractivity contribution is 9.10. The number of imidazole rings is 1. The molecule has 2 aromatic heterocycles. The molecule has 0 bridgehead atoms. The Morgan fingerprint density at radius 2 is 1.29 bits per heavy atom. The van der Waals surface area contributed by atoms with Crippen LogP contribution in [0.25, 0.3) is 39.4 Å². The zero-order chi connectivity index (χ0) is 18.9. The minimum absolute atomic E-state index is 0.693. The molecule has 0 aliphatic heterocycles. The molecule has 0 unspecified atom stereocenters. The maximum absolute atomic E-state index is 4.85. The summed E-state index contributed by atoms with van der Waals surface area (Å²) in [5.74, 6) is 0.693. The van der Waals surface area contributed by atoms with Crippen LogP contribution >= 0.6 is 15.9 Å². The van der Waals surface area contributed by atoms with Crippen LogP contribution in [0.5, 0.6) is 0 Å². The van der Waals surface area contributed by atoms with Gasteiger partial charge in [-0.25, -0.2) is 9.97 Å². The zero-order valence-corrected chi connectivity index (χ0v) is 16.5. The van der Waals surface area contributed by atoms with Gasteiger partial charge in [0.15, 0.2) is 0 Å². The molecule has 0 saturated heterocycles. The second-order valence-corrected chi connectivity index (χ2v) is 7.48. The largest absolute Gasteiger partial charge is 0.282 e. The number of benzene rings is 3. The maximum Gasteiger partial charge on any atom is 0.234 e. The van der Waals surface area contributed by atoms with Crippen molar-refractivity contribution in [3.63, 3.8) is 0 Å². The molecular formula is C24H16BrN3. The van der Waals surface area contributed by atoms with E-state index in [1.807, 2.05) is 42.6 Å². The average molecular weight is 426 g/mol. The Hall–Kier alpha value is -3.24. The van der Waals surface area contributed by atoms with Crippen LogP contribution in [0, 0.1) is 0 Å². The van der Waals surface area contributed by atoms with Crippen LogP contribution in [0.1, 0.15) is 0 Å². The summed E-state index contributed by atoms with van der Waals surface area (Å²) in [4.78, 5) is 9.50. The van der Waals surface area contributed by atoms with Crippen LogP contribution in [-0.2, 0) is 0 Å². The zero-order valence-electron chi connectivity index (χ0n) is 15.0. The van der Waals surface area contributed by atoms with Crippen LogP contribution in [0.15, 0.2) is 102 Å². The van der Waals surface area contributed by atoms with Crippen molar-refractivity contribution in [2.45, 2.75) is 0 Å². The van der Waals surface area contributed by atoms with Crippen LogP contribution in [-0.4, -0.2) is 14.4 Å². The van der Waals surface area contributed by atoms with Crippen molar-refractivity contribution < 1.29 is 0 Å². The molecule has 3 aromatic carbocycles. The Bertz CT molecular complexity index is 1240. The molecule has 0 N–H and O–H groups in total. The highest BCUT2D eigenvalue weighted by atomic mass is 79.9. The summed E-state index contributed by atoms with van der Waals surface area (Å²) >= 11 is 3.50. The average Bonchev–Trinajstić information content (AvgIpc) is 3.14. The van der Waals surface area contributed by atoms with Crippen molar-refractivity contribution >= 4 is 21.7 Å². The monoisotopic (exact) mass is 425 g/mol. The van der Waals surface area contributed by atoms with E-state index in [0.717, 1.165) is 38.1 Å². The van der Waals surface area contributed by atoms with Gasteiger partial charge in [0.1, 0.15) is 0 Å². The van der Waals surface area contributed by atoms with E-state index in [0.29, 0.717) is 5.78 Å². The van der Waals surface area contributed by atoms with Crippen molar-refractivity contribution in [2.24, 2.45) is 0 Å². The smallest absolute Gasteiger partial charge is 0.234 e. The lowest BCUT2D eigenvalue weighted by molar-refractivity contribution is 1.11. The van der Waals surface area contributed by atoms with E-state index >= 15 is 0 Å². The van der Waals surface area contributed by atoms with Crippen molar-refractivity contribution in [2.75, 3.05) is 0 Å². The molecule has 0 radical (unpaired) electrons. The Labute approximate surface area is 171 Å². The third kappa shape index (κ3) is 3.02. The molecule has 28 heavy (non-hydrogen) atoms. The first kappa shape index (κ1) is 16.9. The molecule has 0 aliphatic carbocycles. The summed E-state index contributed by atoms with van der Waals surface area (Å²) in [5, 5.41) is 0. The quantitative estimate of drug-likeness (QED) is 0.330. The maximum atomic E-state index is 4.85. The van der Waals surface area contributed by atoms with E-state index in [-0.39, 0.29) is 0 Å². The fourth-order valence-electron chi connectivity index (χ4n) is 3.39. The lowest BCUT2D eigenvalue weighted by Gasteiger charge is -2.07. The van der Waals surface area contributed by atoms with Gasteiger partial charge in [0.05, 0.1) is 11.4 Å². The summed E-state index contributed by atoms with van der Waals surface area (Å²) < 4.78 is 3.15. The van der Waals surface area contributed by atoms with Gasteiger partial charge in [-0.05, 0) is 17.7 Å². The topological polar surface area (TPSA) is 30.2 Å². The highest BCUT2D eigenvalue weighted by Gasteiger charge is 2.17. The van der Waals surface area contributed by atoms with Crippen LogP contribution in [0.4, 0.5) is 0 Å². The van der Waals surface area contributed by atoms with Gasteiger partial charge >= 0.3 is 0 Å². The molecule has 5 aromatic rings. The van der Waals surface area contributed by atoms with Gasteiger partial charge in [-0.15, -0.1) is 0 Å². The second kappa shape index (κ2) is 7.06. The molecule has 0 spiro atoms. The summed E-state index contributed by atoms with van der Waals surface area (Å²) in [7, 11) is 0. The minimum atomic E-state index is 0.693. The molecule has 0 fully saturated rings. The van der Waals surface area contributed by atoms with Gasteiger partial charge in [-0.3, -0.25) is 4.40 Å². The number of rotatable bonds is 3. The lowest BCUT2D eigenvalue weighted by Crippen LogP contribution is -1.93. The molecule has 2 heterocycles. The molecule has 0 atom stereocenters. The summed E-state index contributed by atoms with van der Waals surface area (Å²) in [6.07, 6.45) is 4.00. The fraction of sp³-hybridized carbons (Fsp3) is 0. The van der Waals surface area contributed by atoms with Gasteiger partial charge in [-0.1, -0.05) is 88.7 Å². The standard InChI is InChI=1S/C24H16BrN3/c25-21-13-11-17(12-14-21)20-15-26-24-27-22(18-7-3-1-4-8-18)23(28(24)16-20)19-9-5-2-6-10-19/h1-16H. The van der Waals surface area contributed by atoms with Crippen LogP contribution < -0.4 is 0 Å². The molecule has 3 nitrogen and oxygen atoms in total. The Balaban J connectivity index is 1.78. The van der Waals surface area contributed by atoms with Gasteiger partial charge < -0.3 is 0 Å². The summed E-state index contributed by atoms with van der Waals surface area (Å²) in [6.45, 7) is 0. The van der Waals surface area contributed by atoms with E-state index in [1.54, 1.807) is 0 Å². The molecule has 0 aliphatic rings. The van der Waals surface area contributed by atoms with E-state index in [4.69, 9.17) is 4.98 Å². The number of nitrogens with zero attached hydrogens (tertiary/aromatic N) is 3. The Morgan fingerprint density at radius 1 is 0.643 bits per heavy atom. The lowest BCUT2D eigenvalue weighted by atomic mass is 10.0. The fourth-order valence-corrected chi connectivity index (χ4v) is 3.66. The number of fused-ring (bicyclic) bond motifs is 1. The Morgan fingerprint density at radius 3 is 1.96 bits per heavy atom. The van der Waals surface area contributed by atoms with Crippen LogP contribution in [0.2, 0.25) is 0 Å². The third-order valence-electron chi connectivity index (χ3n) is 4.75. The van der Waals surface area contributed by atoms with E-state index in [1.165, 1.54) is 0 Å². The predicted octanol–water partition coefficient (Wildman–Crippen LogP) is 6.49. The van der Waals surface area contributed by atoms with Gasteiger partial charge in [0.25, 0.3) is 0 Å². The molecule has 4 heteroatoms. The molecular weight excluding hydrogens is 410 g/mol. The number of hydrogen-bond donors (Lipinski definition) is 0. The predicted molar refractivity (Wildman–Crippen MR) is 117 cm³/mol. The van der Waals surface area contributed by atoms with Gasteiger partial charge in [0.2, 0.25) is 5.78 Å². The first-order valence-corrected chi connectivity index (χ1v) is 9.84. The summed E-state index contributed by atoms with van der Waals surface area (Å²) in [5.41, 5.74) is 6.35. The van der Waals surface area contributed by atoms with Gasteiger partial charge in [0, 0.05) is 33.6 Å². The number of halogens is 1. The Kier molecular flexibility index (Phi) is 4.26. The van der Waals surface area contributed by atoms with E-state index < -0.39 is 0 Å². The molecule has 0 saturated carbocycles. The molecule has 134 valence electrons. The third-order valence-corrected chi connectivity index (χ3v) is 5.28. The molecule has 5 rings (SSSR count). The molecule has 0 amide bonds. The minimum Gasteiger partial charge on any atom is -0.282 e. The first-order chi connectivity index (χ1) is 13.8. The van der Waals surface area contributed by atoms with E-state index in [2.05, 4.69) is 80.0 Å². The number of aromatic nitrogens is 3. The number of hydrogen-bond acceptors (Lipinski definition) is 2. The highest BCUT2D eigenvalue weighted by Crippen LogP contribution is 2.33. The normalized spacial score (nSPS) is 11.0. The van der Waals surface area contributed by atoms with Gasteiger partial charge in [-0.2, -0.15) is 0 Å².